The number of nitrogens with one attached hydrogen (secondary N) is 1. The van der Waals surface area contributed by atoms with Crippen LogP contribution in [-0.4, -0.2) is 22.6 Å². The molecule has 1 heterocycles. The maximum atomic E-state index is 12.7. The number of carbonyl (C=O) groups is 1. The molecular weight excluding hydrogens is 398 g/mol. The molecule has 0 fully saturated rings. The van der Waals surface area contributed by atoms with E-state index in [1.165, 1.54) is 11.1 Å². The average molecular weight is 428 g/mol. The predicted octanol–water partition coefficient (Wildman–Crippen LogP) is 5.54. The van der Waals surface area contributed by atoms with Gasteiger partial charge in [-0.05, 0) is 53.8 Å². The van der Waals surface area contributed by atoms with Gasteiger partial charge in [-0.25, -0.2) is 4.98 Å². The second-order valence-electron chi connectivity index (χ2n) is 8.07. The van der Waals surface area contributed by atoms with Crippen molar-refractivity contribution in [2.75, 3.05) is 7.11 Å². The Kier molecular flexibility index (Phi) is 6.55. The van der Waals surface area contributed by atoms with Crippen molar-refractivity contribution in [1.82, 2.24) is 14.9 Å². The number of benzene rings is 3. The number of aromatic nitrogens is 2. The van der Waals surface area contributed by atoms with Crippen LogP contribution in [0.3, 0.4) is 0 Å². The van der Waals surface area contributed by atoms with Crippen molar-refractivity contribution in [3.63, 3.8) is 0 Å². The fourth-order valence-corrected chi connectivity index (χ4v) is 3.83. The van der Waals surface area contributed by atoms with E-state index in [1.54, 1.807) is 19.2 Å². The van der Waals surface area contributed by atoms with Gasteiger partial charge in [0.25, 0.3) is 5.91 Å². The highest BCUT2D eigenvalue weighted by Crippen LogP contribution is 2.22. The zero-order valence-corrected chi connectivity index (χ0v) is 18.8. The molecule has 0 saturated heterocycles. The van der Waals surface area contributed by atoms with Crippen molar-refractivity contribution in [3.8, 4) is 5.75 Å². The second kappa shape index (κ2) is 9.69. The van der Waals surface area contributed by atoms with E-state index in [-0.39, 0.29) is 5.91 Å². The van der Waals surface area contributed by atoms with Crippen molar-refractivity contribution in [3.05, 3.63) is 95.3 Å². The Labute approximate surface area is 189 Å². The summed E-state index contributed by atoms with van der Waals surface area (Å²) in [5, 5.41) is 3.01. The summed E-state index contributed by atoms with van der Waals surface area (Å²) in [6.45, 7) is 5.51. The number of ether oxygens (including phenoxy) is 1. The number of fused-ring (bicyclic) bond motifs is 1. The molecule has 4 rings (SSSR count). The van der Waals surface area contributed by atoms with E-state index >= 15 is 0 Å². The van der Waals surface area contributed by atoms with E-state index in [9.17, 15) is 4.79 Å². The van der Waals surface area contributed by atoms with Gasteiger partial charge in [0.2, 0.25) is 0 Å². The van der Waals surface area contributed by atoms with Gasteiger partial charge in [0.1, 0.15) is 11.6 Å². The normalized spacial score (nSPS) is 12.0. The van der Waals surface area contributed by atoms with Crippen LogP contribution in [0.25, 0.3) is 11.0 Å². The largest absolute Gasteiger partial charge is 0.497 e. The van der Waals surface area contributed by atoms with Crippen molar-refractivity contribution in [1.29, 1.82) is 0 Å². The summed E-state index contributed by atoms with van der Waals surface area (Å²) >= 11 is 0. The van der Waals surface area contributed by atoms with E-state index in [0.29, 0.717) is 30.3 Å². The van der Waals surface area contributed by atoms with Gasteiger partial charge in [-0.3, -0.25) is 4.79 Å². The summed E-state index contributed by atoms with van der Waals surface area (Å²) in [6, 6.07) is 24.0. The highest BCUT2D eigenvalue weighted by Gasteiger charge is 2.14. The van der Waals surface area contributed by atoms with Crippen molar-refractivity contribution in [2.24, 2.45) is 0 Å². The zero-order chi connectivity index (χ0) is 22.5. The van der Waals surface area contributed by atoms with Crippen LogP contribution in [0.1, 0.15) is 53.5 Å². The number of methoxy groups -OCH3 is 1. The Balaban J connectivity index is 1.57. The third-order valence-corrected chi connectivity index (χ3v) is 5.97. The Morgan fingerprint density at radius 3 is 2.59 bits per heavy atom. The number of hydrogen-bond donors (Lipinski definition) is 1. The van der Waals surface area contributed by atoms with Gasteiger partial charge in [-0.15, -0.1) is 0 Å². The molecule has 3 aromatic carbocycles. The molecular formula is C27H29N3O2. The Morgan fingerprint density at radius 2 is 1.84 bits per heavy atom. The van der Waals surface area contributed by atoms with E-state index < -0.39 is 0 Å². The number of hydrogen-bond acceptors (Lipinski definition) is 3. The molecule has 0 spiro atoms. The predicted molar refractivity (Wildman–Crippen MR) is 128 cm³/mol. The summed E-state index contributed by atoms with van der Waals surface area (Å²) in [5.41, 5.74) is 5.12. The van der Waals surface area contributed by atoms with Gasteiger partial charge >= 0.3 is 0 Å². The third-order valence-electron chi connectivity index (χ3n) is 5.97. The van der Waals surface area contributed by atoms with Crippen LogP contribution in [0.2, 0.25) is 0 Å². The van der Waals surface area contributed by atoms with Crippen LogP contribution in [0, 0.1) is 0 Å². The van der Waals surface area contributed by atoms with Gasteiger partial charge in [-0.2, -0.15) is 0 Å². The molecule has 5 heteroatoms. The van der Waals surface area contributed by atoms with Crippen LogP contribution in [0.15, 0.2) is 72.8 Å². The number of carbonyl (C=O) groups excluding carboxylic acids is 1. The topological polar surface area (TPSA) is 56.2 Å². The molecule has 0 radical (unpaired) electrons. The standard InChI is InChI=1S/C27H29N3O2/c1-4-19(2)21-14-12-20(13-15-21)18-30-25-11-6-5-10-24(25)29-26(30)17-28-27(31)22-8-7-9-23(16-22)32-3/h5-16,19H,4,17-18H2,1-3H3,(H,28,31). The summed E-state index contributed by atoms with van der Waals surface area (Å²) in [7, 11) is 1.59. The number of nitrogens with zero attached hydrogens (tertiary/aromatic N) is 2. The first kappa shape index (κ1) is 21.6. The third kappa shape index (κ3) is 4.67. The van der Waals surface area contributed by atoms with E-state index in [2.05, 4.69) is 54.1 Å². The molecule has 0 aliphatic carbocycles. The van der Waals surface area contributed by atoms with E-state index in [4.69, 9.17) is 9.72 Å². The molecule has 164 valence electrons. The fourth-order valence-electron chi connectivity index (χ4n) is 3.83. The minimum Gasteiger partial charge on any atom is -0.497 e. The summed E-state index contributed by atoms with van der Waals surface area (Å²) in [6.07, 6.45) is 1.13. The molecule has 5 nitrogen and oxygen atoms in total. The Bertz CT molecular complexity index is 1210. The van der Waals surface area contributed by atoms with Gasteiger partial charge in [0.05, 0.1) is 24.7 Å². The lowest BCUT2D eigenvalue weighted by Crippen LogP contribution is -2.25. The first-order chi connectivity index (χ1) is 15.6. The van der Waals surface area contributed by atoms with Crippen LogP contribution in [0.5, 0.6) is 5.75 Å². The minimum atomic E-state index is -0.152. The molecule has 1 N–H and O–H groups in total. The molecule has 0 aliphatic rings. The molecule has 1 atom stereocenters. The number of rotatable bonds is 8. The average Bonchev–Trinajstić information content (AvgIpc) is 3.19. The lowest BCUT2D eigenvalue weighted by molar-refractivity contribution is 0.0949. The first-order valence-corrected chi connectivity index (χ1v) is 11.0. The maximum absolute atomic E-state index is 12.7. The highest BCUT2D eigenvalue weighted by molar-refractivity contribution is 5.94. The van der Waals surface area contributed by atoms with Gasteiger partial charge < -0.3 is 14.6 Å². The molecule has 0 aliphatic heterocycles. The van der Waals surface area contributed by atoms with E-state index in [1.807, 2.05) is 30.3 Å². The highest BCUT2D eigenvalue weighted by atomic mass is 16.5. The molecule has 1 unspecified atom stereocenters. The number of para-hydroxylation sites is 2. The smallest absolute Gasteiger partial charge is 0.251 e. The molecule has 1 amide bonds. The zero-order valence-electron chi connectivity index (χ0n) is 18.8. The quantitative estimate of drug-likeness (QED) is 0.402. The summed E-state index contributed by atoms with van der Waals surface area (Å²) < 4.78 is 7.41. The second-order valence-corrected chi connectivity index (χ2v) is 8.07. The Hall–Kier alpha value is -3.60. The van der Waals surface area contributed by atoms with E-state index in [0.717, 1.165) is 23.3 Å². The van der Waals surface area contributed by atoms with Crippen LogP contribution in [0.4, 0.5) is 0 Å². The number of imidazole rings is 1. The molecule has 4 aromatic rings. The van der Waals surface area contributed by atoms with Crippen LogP contribution < -0.4 is 10.1 Å². The van der Waals surface area contributed by atoms with Gasteiger partial charge in [0.15, 0.2) is 0 Å². The Morgan fingerprint density at radius 1 is 1.06 bits per heavy atom. The van der Waals surface area contributed by atoms with Crippen molar-refractivity contribution in [2.45, 2.75) is 39.3 Å². The minimum absolute atomic E-state index is 0.152. The van der Waals surface area contributed by atoms with Gasteiger partial charge in [-0.1, -0.05) is 56.3 Å². The van der Waals surface area contributed by atoms with Crippen LogP contribution in [-0.2, 0) is 13.1 Å². The SMILES string of the molecule is CCC(C)c1ccc(Cn2c(CNC(=O)c3cccc(OC)c3)nc3ccccc32)cc1. The lowest BCUT2D eigenvalue weighted by atomic mass is 9.98. The van der Waals surface area contributed by atoms with Crippen LogP contribution >= 0.6 is 0 Å². The molecule has 0 saturated carbocycles. The fraction of sp³-hybridized carbons (Fsp3) is 0.259. The monoisotopic (exact) mass is 427 g/mol. The first-order valence-electron chi connectivity index (χ1n) is 11.0. The lowest BCUT2D eigenvalue weighted by Gasteiger charge is -2.13. The molecule has 0 bridgehead atoms. The number of amides is 1. The van der Waals surface area contributed by atoms with Crippen molar-refractivity contribution < 1.29 is 9.53 Å². The van der Waals surface area contributed by atoms with Gasteiger partial charge in [0, 0.05) is 12.1 Å². The summed E-state index contributed by atoms with van der Waals surface area (Å²) in [5.74, 6) is 1.89. The molecule has 1 aromatic heterocycles. The summed E-state index contributed by atoms with van der Waals surface area (Å²) in [4.78, 5) is 17.5. The molecule has 32 heavy (non-hydrogen) atoms. The maximum Gasteiger partial charge on any atom is 0.251 e. The van der Waals surface area contributed by atoms with Crippen molar-refractivity contribution >= 4 is 16.9 Å².